The van der Waals surface area contributed by atoms with Gasteiger partial charge in [0.05, 0.1) is 23.1 Å². The molecule has 1 aliphatic rings. The molecule has 0 aliphatic carbocycles. The van der Waals surface area contributed by atoms with Gasteiger partial charge in [-0.1, -0.05) is 0 Å². The minimum Gasteiger partial charge on any atom is -0.480 e. The van der Waals surface area contributed by atoms with Crippen LogP contribution in [0.3, 0.4) is 0 Å². The second-order valence-corrected chi connectivity index (χ2v) is 15.9. The van der Waals surface area contributed by atoms with Crippen molar-refractivity contribution in [1.29, 1.82) is 0 Å². The van der Waals surface area contributed by atoms with Crippen molar-refractivity contribution in [2.24, 2.45) is 0 Å². The zero-order valence-corrected chi connectivity index (χ0v) is 32.5. The lowest BCUT2D eigenvalue weighted by Crippen LogP contribution is -2.60. The molecule has 1 aliphatic heterocycles. The Hall–Kier alpha value is -4.65. The van der Waals surface area contributed by atoms with Crippen LogP contribution in [0.4, 0.5) is 18.0 Å². The zero-order chi connectivity index (χ0) is 40.5. The summed E-state index contributed by atoms with van der Waals surface area (Å²) < 4.78 is 59.3. The Bertz CT molecular complexity index is 2040. The van der Waals surface area contributed by atoms with Gasteiger partial charge in [0.1, 0.15) is 35.1 Å². The van der Waals surface area contributed by atoms with E-state index in [1.54, 1.807) is 78.1 Å². The van der Waals surface area contributed by atoms with Crippen molar-refractivity contribution in [2.75, 3.05) is 13.7 Å². The minimum absolute atomic E-state index is 0.00237. The van der Waals surface area contributed by atoms with E-state index < -0.39 is 60.1 Å². The molecule has 3 aromatic heterocycles. The van der Waals surface area contributed by atoms with E-state index >= 15 is 0 Å². The Labute approximate surface area is 320 Å². The monoisotopic (exact) mass is 789 g/mol. The van der Waals surface area contributed by atoms with Gasteiger partial charge in [0.2, 0.25) is 0 Å². The van der Waals surface area contributed by atoms with Crippen molar-refractivity contribution in [1.82, 2.24) is 34.7 Å². The zero-order valence-electron chi connectivity index (χ0n) is 31.7. The van der Waals surface area contributed by atoms with Gasteiger partial charge in [-0.3, -0.25) is 19.6 Å². The first-order chi connectivity index (χ1) is 25.6. The number of carbonyl (C=O) groups excluding carboxylic acids is 2. The number of alkyl halides is 3. The third-order valence-corrected chi connectivity index (χ3v) is 9.59. The number of carboxylic acid groups (broad SMARTS) is 1. The topological polar surface area (TPSA) is 181 Å². The molecule has 0 bridgehead atoms. The number of benzene rings is 1. The van der Waals surface area contributed by atoms with E-state index in [1.807, 2.05) is 0 Å². The van der Waals surface area contributed by atoms with Gasteiger partial charge in [-0.2, -0.15) is 17.5 Å². The van der Waals surface area contributed by atoms with E-state index in [0.29, 0.717) is 45.6 Å². The number of nitrogens with one attached hydrogen (secondary N) is 2. The Morgan fingerprint density at radius 2 is 1.87 bits per heavy atom. The van der Waals surface area contributed by atoms with Crippen LogP contribution in [0.2, 0.25) is 0 Å². The maximum absolute atomic E-state index is 14.3. The average molecular weight is 790 g/mol. The predicted molar refractivity (Wildman–Crippen MR) is 198 cm³/mol. The smallest absolute Gasteiger partial charge is 0.408 e. The summed E-state index contributed by atoms with van der Waals surface area (Å²) in [5.74, 6) is -1.54. The Morgan fingerprint density at radius 1 is 1.15 bits per heavy atom. The highest BCUT2D eigenvalue weighted by Gasteiger charge is 2.36. The molecule has 1 saturated heterocycles. The van der Waals surface area contributed by atoms with Crippen LogP contribution in [0.25, 0.3) is 32.7 Å². The summed E-state index contributed by atoms with van der Waals surface area (Å²) in [6.07, 6.45) is -3.90. The summed E-state index contributed by atoms with van der Waals surface area (Å²) in [4.78, 5) is 47.3. The second kappa shape index (κ2) is 16.2. The first-order valence-electron chi connectivity index (χ1n) is 17.7. The van der Waals surface area contributed by atoms with Gasteiger partial charge >= 0.3 is 18.2 Å². The number of aliphatic carboxylic acids is 1. The van der Waals surface area contributed by atoms with Crippen molar-refractivity contribution in [2.45, 2.75) is 109 Å². The number of pyridine rings is 1. The van der Waals surface area contributed by atoms with E-state index in [0.717, 1.165) is 11.5 Å². The highest BCUT2D eigenvalue weighted by atomic mass is 32.1. The molecule has 3 atom stereocenters. The van der Waals surface area contributed by atoms with Gasteiger partial charge in [0.25, 0.3) is 5.91 Å². The minimum atomic E-state index is -4.59. The van der Waals surface area contributed by atoms with E-state index in [2.05, 4.69) is 25.1 Å². The molecule has 0 unspecified atom stereocenters. The van der Waals surface area contributed by atoms with Gasteiger partial charge < -0.3 is 29.6 Å². The molecule has 0 saturated carbocycles. The molecule has 14 nitrogen and oxygen atoms in total. The van der Waals surface area contributed by atoms with Gasteiger partial charge in [0.15, 0.2) is 0 Å². The van der Waals surface area contributed by atoms with Crippen LogP contribution in [0.15, 0.2) is 36.5 Å². The third kappa shape index (κ3) is 10.4. The van der Waals surface area contributed by atoms with Crippen molar-refractivity contribution in [3.63, 3.8) is 0 Å². The van der Waals surface area contributed by atoms with Crippen LogP contribution in [0.5, 0.6) is 0 Å². The first-order valence-corrected chi connectivity index (χ1v) is 18.5. The summed E-state index contributed by atoms with van der Waals surface area (Å²) in [6.45, 7) is 8.82. The fraction of sp³-hybridized carbons (Fsp3) is 0.514. The number of hydrogen-bond donors (Lipinski definition) is 4. The number of carbonyl (C=O) groups is 3. The normalized spacial score (nSPS) is 16.6. The SMILES string of the molecule is CO[C@@H](C)c1ncccc1-c1c(CC(C)(C)O)c2cc(-c3nc(C[C@H](NC(=O)OC(C)(C)C)C(=O)N4CCC[C@@H](C(=O)O)N4)ns3)ccc2n1CC(F)(F)F. The molecule has 4 aromatic rings. The number of ether oxygens (including phenoxy) is 2. The van der Waals surface area contributed by atoms with E-state index in [-0.39, 0.29) is 36.4 Å². The fourth-order valence-corrected chi connectivity index (χ4v) is 7.16. The van der Waals surface area contributed by atoms with Crippen molar-refractivity contribution >= 4 is 40.4 Å². The molecule has 5 rings (SSSR count). The second-order valence-electron chi connectivity index (χ2n) is 15.1. The number of aliphatic hydroxyl groups is 1. The molecule has 4 N–H and O–H groups in total. The Balaban J connectivity index is 1.57. The highest BCUT2D eigenvalue weighted by Crippen LogP contribution is 2.42. The van der Waals surface area contributed by atoms with Gasteiger partial charge in [-0.05, 0) is 102 Å². The number of rotatable bonds is 12. The lowest BCUT2D eigenvalue weighted by Gasteiger charge is -2.34. The Morgan fingerprint density at radius 3 is 2.51 bits per heavy atom. The van der Waals surface area contributed by atoms with Crippen molar-refractivity contribution in [3.05, 3.63) is 53.6 Å². The number of methoxy groups -OCH3 is 1. The number of fused-ring (bicyclic) bond motifs is 1. The van der Waals surface area contributed by atoms with Crippen molar-refractivity contribution in [3.8, 4) is 21.8 Å². The summed E-state index contributed by atoms with van der Waals surface area (Å²) >= 11 is 0.993. The lowest BCUT2D eigenvalue weighted by molar-refractivity contribution is -0.148. The number of amides is 2. The van der Waals surface area contributed by atoms with Gasteiger partial charge in [-0.15, -0.1) is 0 Å². The van der Waals surface area contributed by atoms with Crippen LogP contribution in [-0.4, -0.2) is 95.2 Å². The molecule has 55 heavy (non-hydrogen) atoms. The molecule has 18 heteroatoms. The predicted octanol–water partition coefficient (Wildman–Crippen LogP) is 5.82. The number of hydrogen-bond acceptors (Lipinski definition) is 11. The molecule has 1 aromatic carbocycles. The number of alkyl carbamates (subject to hydrolysis) is 1. The molecular weight excluding hydrogens is 744 g/mol. The molecule has 2 amide bonds. The summed E-state index contributed by atoms with van der Waals surface area (Å²) in [5.41, 5.74) is 2.91. The summed E-state index contributed by atoms with van der Waals surface area (Å²) in [6, 6.07) is 6.01. The van der Waals surface area contributed by atoms with E-state index in [9.17, 15) is 37.8 Å². The van der Waals surface area contributed by atoms with Crippen LogP contribution in [0.1, 0.15) is 77.6 Å². The quantitative estimate of drug-likeness (QED) is 0.136. The maximum atomic E-state index is 14.3. The largest absolute Gasteiger partial charge is 0.480 e. The molecule has 4 heterocycles. The molecule has 0 spiro atoms. The lowest BCUT2D eigenvalue weighted by atomic mass is 9.92. The molecule has 0 radical (unpaired) electrons. The van der Waals surface area contributed by atoms with Gasteiger partial charge in [0, 0.05) is 54.7 Å². The van der Waals surface area contributed by atoms with Gasteiger partial charge in [-0.25, -0.2) is 15.2 Å². The molecule has 1 fully saturated rings. The highest BCUT2D eigenvalue weighted by molar-refractivity contribution is 7.09. The standard InChI is InChI=1S/C37H46F3N7O7S/c1-20(53-7)29-22(10-8-14-41-29)30-24(18-36(5,6)52)23-16-21(12-13-27(23)46(30)19-37(38,39)40)31-43-28(45-55-31)17-26(42-34(51)54-35(2,3)4)32(48)47-15-9-11-25(44-47)33(49)50/h8,10,12-14,16,20,25-26,44,52H,9,11,15,17-19H2,1-7H3,(H,42,51)(H,49,50)/t20-,25-,26-/m0/s1. The van der Waals surface area contributed by atoms with Crippen LogP contribution in [-0.2, 0) is 38.4 Å². The van der Waals surface area contributed by atoms with Crippen LogP contribution in [0, 0.1) is 0 Å². The van der Waals surface area contributed by atoms with E-state index in [4.69, 9.17) is 9.47 Å². The third-order valence-electron chi connectivity index (χ3n) is 8.79. The number of nitrogens with zero attached hydrogens (tertiary/aromatic N) is 5. The summed E-state index contributed by atoms with van der Waals surface area (Å²) in [7, 11) is 1.49. The molecule has 298 valence electrons. The maximum Gasteiger partial charge on any atom is 0.408 e. The first kappa shape index (κ1) is 41.5. The number of halogens is 3. The van der Waals surface area contributed by atoms with Crippen LogP contribution >= 0.6 is 11.5 Å². The average Bonchev–Trinajstić information content (AvgIpc) is 3.67. The number of carboxylic acids is 1. The Kier molecular flexibility index (Phi) is 12.2. The number of aromatic nitrogens is 4. The van der Waals surface area contributed by atoms with Crippen molar-refractivity contribution < 1.29 is 47.2 Å². The van der Waals surface area contributed by atoms with Crippen LogP contribution < -0.4 is 10.7 Å². The number of hydrazine groups is 1. The fourth-order valence-electron chi connectivity index (χ4n) is 6.47. The summed E-state index contributed by atoms with van der Waals surface area (Å²) in [5, 5.41) is 25.2. The molecular formula is C37H46F3N7O7S. The van der Waals surface area contributed by atoms with E-state index in [1.165, 1.54) is 16.7 Å².